The number of hydrogen-bond acceptors (Lipinski definition) is 7. The van der Waals surface area contributed by atoms with Crippen molar-refractivity contribution in [2.75, 3.05) is 25.0 Å². The fourth-order valence-electron chi connectivity index (χ4n) is 3.30. The predicted octanol–water partition coefficient (Wildman–Crippen LogP) is 1.20. The van der Waals surface area contributed by atoms with Crippen LogP contribution in [-0.2, 0) is 21.5 Å². The van der Waals surface area contributed by atoms with Gasteiger partial charge in [-0.25, -0.2) is 9.71 Å². The second-order valence-corrected chi connectivity index (χ2v) is 10.1. The Hall–Kier alpha value is -3.55. The van der Waals surface area contributed by atoms with Gasteiger partial charge < -0.3 is 15.7 Å². The van der Waals surface area contributed by atoms with Crippen molar-refractivity contribution in [1.82, 2.24) is 29.5 Å². The molecule has 194 valence electrons. The molecule has 1 atom stereocenters. The van der Waals surface area contributed by atoms with Crippen molar-refractivity contribution in [2.24, 2.45) is 5.92 Å². The number of anilines is 1. The van der Waals surface area contributed by atoms with E-state index in [0.717, 1.165) is 29.7 Å². The number of nitrogens with one attached hydrogen (secondary N) is 4. The van der Waals surface area contributed by atoms with Crippen LogP contribution in [-0.4, -0.2) is 65.8 Å². The first-order chi connectivity index (χ1) is 17.1. The molecular formula is C23H31N7O5S. The third-order valence-electron chi connectivity index (χ3n) is 5.17. The van der Waals surface area contributed by atoms with Gasteiger partial charge in [-0.1, -0.05) is 19.9 Å². The van der Waals surface area contributed by atoms with E-state index in [1.165, 1.54) is 0 Å². The van der Waals surface area contributed by atoms with E-state index in [4.69, 9.17) is 0 Å². The quantitative estimate of drug-likeness (QED) is 0.199. The number of hydrogen-bond donors (Lipinski definition) is 5. The molecule has 0 aliphatic heterocycles. The Kier molecular flexibility index (Phi) is 9.33. The molecule has 0 saturated carbocycles. The van der Waals surface area contributed by atoms with E-state index in [1.807, 2.05) is 41.5 Å². The van der Waals surface area contributed by atoms with Crippen LogP contribution < -0.4 is 20.1 Å². The minimum atomic E-state index is -4.04. The van der Waals surface area contributed by atoms with E-state index >= 15 is 0 Å². The van der Waals surface area contributed by atoms with Crippen molar-refractivity contribution >= 4 is 38.8 Å². The van der Waals surface area contributed by atoms with Gasteiger partial charge in [0.25, 0.3) is 16.1 Å². The van der Waals surface area contributed by atoms with Crippen LogP contribution in [0.25, 0.3) is 10.9 Å². The number of pyridine rings is 1. The second kappa shape index (κ2) is 12.4. The van der Waals surface area contributed by atoms with Crippen molar-refractivity contribution < 1.29 is 23.1 Å². The molecule has 0 unspecified atom stereocenters. The number of benzene rings is 1. The summed E-state index contributed by atoms with van der Waals surface area (Å²) >= 11 is 0. The minimum Gasteiger partial charge on any atom is -0.480 e. The lowest BCUT2D eigenvalue weighted by Gasteiger charge is -2.16. The van der Waals surface area contributed by atoms with E-state index in [-0.39, 0.29) is 12.5 Å². The van der Waals surface area contributed by atoms with Crippen molar-refractivity contribution in [3.05, 3.63) is 54.4 Å². The molecule has 36 heavy (non-hydrogen) atoms. The highest BCUT2D eigenvalue weighted by Crippen LogP contribution is 2.16. The Labute approximate surface area is 209 Å². The molecule has 12 nitrogen and oxygen atoms in total. The van der Waals surface area contributed by atoms with Crippen LogP contribution in [0.15, 0.2) is 48.8 Å². The van der Waals surface area contributed by atoms with Crippen LogP contribution in [0.1, 0.15) is 30.6 Å². The van der Waals surface area contributed by atoms with Gasteiger partial charge in [0.1, 0.15) is 11.9 Å². The average molecular weight is 518 g/mol. The van der Waals surface area contributed by atoms with Gasteiger partial charge in [0.15, 0.2) is 0 Å². The van der Waals surface area contributed by atoms with Crippen LogP contribution in [0, 0.1) is 5.92 Å². The Morgan fingerprint density at radius 1 is 1.14 bits per heavy atom. The second-order valence-electron chi connectivity index (χ2n) is 8.60. The first kappa shape index (κ1) is 27.0. The van der Waals surface area contributed by atoms with Crippen LogP contribution in [0.5, 0.6) is 0 Å². The predicted molar refractivity (Wildman–Crippen MR) is 136 cm³/mol. The van der Waals surface area contributed by atoms with E-state index in [1.54, 1.807) is 30.6 Å². The monoisotopic (exact) mass is 517 g/mol. The molecule has 0 radical (unpaired) electrons. The maximum Gasteiger partial charge on any atom is 0.323 e. The van der Waals surface area contributed by atoms with Crippen LogP contribution in [0.3, 0.4) is 0 Å². The summed E-state index contributed by atoms with van der Waals surface area (Å²) in [6, 6.07) is 9.19. The Morgan fingerprint density at radius 2 is 1.94 bits per heavy atom. The SMILES string of the molecule is CC(C)CNS(=O)(=O)N[C@@H](CNC(=O)c1ccc2c(cnn2CCCNc2ccccn2)c1)C(=O)O. The minimum absolute atomic E-state index is 0.0482. The number of carbonyl (C=O) groups is 2. The number of aryl methyl sites for hydroxylation is 1. The molecule has 3 aromatic rings. The molecule has 0 saturated heterocycles. The molecule has 0 spiro atoms. The third-order valence-corrected chi connectivity index (χ3v) is 6.31. The van der Waals surface area contributed by atoms with Crippen LogP contribution >= 0.6 is 0 Å². The van der Waals surface area contributed by atoms with Crippen molar-refractivity contribution in [3.8, 4) is 0 Å². The molecular weight excluding hydrogens is 486 g/mol. The van der Waals surface area contributed by atoms with E-state index in [0.29, 0.717) is 12.1 Å². The summed E-state index contributed by atoms with van der Waals surface area (Å²) in [5.74, 6) is -1.07. The molecule has 13 heteroatoms. The number of aromatic nitrogens is 3. The third kappa shape index (κ3) is 8.00. The van der Waals surface area contributed by atoms with Gasteiger partial charge in [-0.3, -0.25) is 14.3 Å². The molecule has 1 amide bonds. The number of aliphatic carboxylic acids is 1. The number of rotatable bonds is 14. The number of amides is 1. The first-order valence-electron chi connectivity index (χ1n) is 11.5. The van der Waals surface area contributed by atoms with Gasteiger partial charge >= 0.3 is 5.97 Å². The molecule has 2 aromatic heterocycles. The molecule has 0 aliphatic carbocycles. The van der Waals surface area contributed by atoms with E-state index < -0.39 is 34.7 Å². The summed E-state index contributed by atoms with van der Waals surface area (Å²) in [4.78, 5) is 28.3. The summed E-state index contributed by atoms with van der Waals surface area (Å²) < 4.78 is 30.3. The number of carboxylic acids is 1. The zero-order valence-electron chi connectivity index (χ0n) is 20.1. The molecule has 2 heterocycles. The Balaban J connectivity index is 1.55. The van der Waals surface area contributed by atoms with E-state index in [2.05, 4.69) is 25.4 Å². The fourth-order valence-corrected chi connectivity index (χ4v) is 4.50. The number of nitrogens with zero attached hydrogens (tertiary/aromatic N) is 3. The summed E-state index contributed by atoms with van der Waals surface area (Å²) in [6.07, 6.45) is 4.20. The first-order valence-corrected chi connectivity index (χ1v) is 13.0. The molecule has 0 fully saturated rings. The highest BCUT2D eigenvalue weighted by Gasteiger charge is 2.24. The highest BCUT2D eigenvalue weighted by molar-refractivity contribution is 7.87. The Bertz CT molecular complexity index is 1280. The van der Waals surface area contributed by atoms with Crippen LogP contribution in [0.4, 0.5) is 5.82 Å². The summed E-state index contributed by atoms with van der Waals surface area (Å²) in [7, 11) is -4.04. The normalized spacial score (nSPS) is 12.5. The standard InChI is InChI=1S/C23H31N7O5S/c1-16(2)13-28-36(34,35)29-19(23(32)33)15-26-22(31)17-7-8-20-18(12-17)14-27-30(20)11-5-10-25-21-6-3-4-9-24-21/h3-4,6-9,12,14,16,19,28-29H,5,10-11,13,15H2,1-2H3,(H,24,25)(H,26,31)(H,32,33)/t19-/m0/s1. The molecule has 5 N–H and O–H groups in total. The largest absolute Gasteiger partial charge is 0.480 e. The summed E-state index contributed by atoms with van der Waals surface area (Å²) in [5.41, 5.74) is 1.17. The number of fused-ring (bicyclic) bond motifs is 1. The van der Waals surface area contributed by atoms with Crippen molar-refractivity contribution in [2.45, 2.75) is 32.9 Å². The lowest BCUT2D eigenvalue weighted by atomic mass is 10.1. The topological polar surface area (TPSA) is 167 Å². The van der Waals surface area contributed by atoms with E-state index in [9.17, 15) is 23.1 Å². The average Bonchev–Trinajstić information content (AvgIpc) is 3.25. The highest BCUT2D eigenvalue weighted by atomic mass is 32.2. The zero-order chi connectivity index (χ0) is 26.1. The Morgan fingerprint density at radius 3 is 2.64 bits per heavy atom. The van der Waals surface area contributed by atoms with Crippen molar-refractivity contribution in [3.63, 3.8) is 0 Å². The molecule has 1 aromatic carbocycles. The van der Waals surface area contributed by atoms with Gasteiger partial charge in [0.2, 0.25) is 0 Å². The van der Waals surface area contributed by atoms with Gasteiger partial charge in [0, 0.05) is 43.3 Å². The van der Waals surface area contributed by atoms with Gasteiger partial charge in [-0.15, -0.1) is 0 Å². The number of carboxylic acid groups (broad SMARTS) is 1. The van der Waals surface area contributed by atoms with Gasteiger partial charge in [0.05, 0.1) is 11.7 Å². The van der Waals surface area contributed by atoms with Gasteiger partial charge in [-0.05, 0) is 42.7 Å². The summed E-state index contributed by atoms with van der Waals surface area (Å²) in [5, 5.41) is 20.2. The van der Waals surface area contributed by atoms with Crippen LogP contribution in [0.2, 0.25) is 0 Å². The lowest BCUT2D eigenvalue weighted by Crippen LogP contribution is -2.52. The maximum absolute atomic E-state index is 12.6. The molecule has 0 aliphatic rings. The zero-order valence-corrected chi connectivity index (χ0v) is 21.0. The summed E-state index contributed by atoms with van der Waals surface area (Å²) in [6.45, 7) is 4.76. The maximum atomic E-state index is 12.6. The van der Waals surface area contributed by atoms with Gasteiger partial charge in [-0.2, -0.15) is 18.2 Å². The molecule has 3 rings (SSSR count). The lowest BCUT2D eigenvalue weighted by molar-refractivity contribution is -0.138. The van der Waals surface area contributed by atoms with Crippen molar-refractivity contribution in [1.29, 1.82) is 0 Å². The molecule has 0 bridgehead atoms. The number of carbonyl (C=O) groups excluding carboxylic acids is 1. The fraction of sp³-hybridized carbons (Fsp3) is 0.391. The smallest absolute Gasteiger partial charge is 0.323 e.